The second-order valence-corrected chi connectivity index (χ2v) is 4.79. The number of ether oxygens (including phenoxy) is 1. The predicted octanol–water partition coefficient (Wildman–Crippen LogP) is 4.24. The molecule has 2 rings (SSSR count). The maximum Gasteiger partial charge on any atom is 0.323 e. The van der Waals surface area contributed by atoms with Crippen LogP contribution in [-0.4, -0.2) is 13.1 Å². The number of urea groups is 1. The van der Waals surface area contributed by atoms with Crippen molar-refractivity contribution >= 4 is 33.3 Å². The summed E-state index contributed by atoms with van der Waals surface area (Å²) in [6, 6.07) is 10.4. The molecule has 0 spiro atoms. The van der Waals surface area contributed by atoms with Gasteiger partial charge in [-0.3, -0.25) is 0 Å². The minimum absolute atomic E-state index is 0.376. The van der Waals surface area contributed by atoms with E-state index < -0.39 is 11.8 Å². The Balaban J connectivity index is 2.08. The number of hydrogen-bond donors (Lipinski definition) is 2. The lowest BCUT2D eigenvalue weighted by Crippen LogP contribution is -2.19. The Bertz CT molecular complexity index is 634. The number of anilines is 2. The zero-order valence-corrected chi connectivity index (χ0v) is 12.2. The molecule has 0 unspecified atom stereocenters. The highest BCUT2D eigenvalue weighted by Crippen LogP contribution is 2.27. The average Bonchev–Trinajstić information content (AvgIpc) is 2.41. The first-order valence-corrected chi connectivity index (χ1v) is 6.55. The second kappa shape index (κ2) is 6.38. The zero-order chi connectivity index (χ0) is 14.5. The van der Waals surface area contributed by atoms with Gasteiger partial charge in [0.2, 0.25) is 0 Å². The van der Waals surface area contributed by atoms with Crippen molar-refractivity contribution in [3.63, 3.8) is 0 Å². The molecule has 0 atom stereocenters. The molecule has 20 heavy (non-hydrogen) atoms. The molecule has 0 heterocycles. The Morgan fingerprint density at radius 1 is 1.20 bits per heavy atom. The first-order valence-electron chi connectivity index (χ1n) is 5.75. The molecule has 0 radical (unpaired) electrons. The van der Waals surface area contributed by atoms with Crippen LogP contribution in [0.4, 0.5) is 20.6 Å². The lowest BCUT2D eigenvalue weighted by atomic mass is 10.3. The van der Waals surface area contributed by atoms with E-state index in [1.165, 1.54) is 18.2 Å². The SMILES string of the molecule is COc1ccc(Br)c(NC(=O)Nc2cccc(F)c2)c1. The molecule has 2 amide bonds. The Morgan fingerprint density at radius 2 is 2.00 bits per heavy atom. The van der Waals surface area contributed by atoms with Crippen LogP contribution in [-0.2, 0) is 0 Å². The van der Waals surface area contributed by atoms with Gasteiger partial charge >= 0.3 is 6.03 Å². The number of amides is 2. The van der Waals surface area contributed by atoms with Gasteiger partial charge in [-0.1, -0.05) is 6.07 Å². The van der Waals surface area contributed by atoms with Crippen molar-refractivity contribution in [2.75, 3.05) is 17.7 Å². The molecule has 0 fully saturated rings. The van der Waals surface area contributed by atoms with Gasteiger partial charge in [0.15, 0.2) is 0 Å². The highest BCUT2D eigenvalue weighted by molar-refractivity contribution is 9.10. The number of hydrogen-bond acceptors (Lipinski definition) is 2. The van der Waals surface area contributed by atoms with Crippen LogP contribution < -0.4 is 15.4 Å². The molecule has 6 heteroatoms. The van der Waals surface area contributed by atoms with Crippen LogP contribution in [0, 0.1) is 5.82 Å². The Labute approximate surface area is 124 Å². The average molecular weight is 339 g/mol. The van der Waals surface area contributed by atoms with Gasteiger partial charge in [0.1, 0.15) is 11.6 Å². The molecule has 0 saturated carbocycles. The summed E-state index contributed by atoms with van der Waals surface area (Å²) in [5.74, 6) is 0.208. The summed E-state index contributed by atoms with van der Waals surface area (Å²) < 4.78 is 18.8. The smallest absolute Gasteiger partial charge is 0.323 e. The summed E-state index contributed by atoms with van der Waals surface area (Å²) in [6.07, 6.45) is 0. The third-order valence-electron chi connectivity index (χ3n) is 2.50. The molecule has 0 aliphatic heterocycles. The molecule has 104 valence electrons. The highest BCUT2D eigenvalue weighted by Gasteiger charge is 2.07. The number of nitrogens with one attached hydrogen (secondary N) is 2. The van der Waals surface area contributed by atoms with Gasteiger partial charge in [0, 0.05) is 16.2 Å². The minimum atomic E-state index is -0.468. The van der Waals surface area contributed by atoms with Gasteiger partial charge in [-0.15, -0.1) is 0 Å². The van der Waals surface area contributed by atoms with E-state index in [1.54, 1.807) is 31.4 Å². The van der Waals surface area contributed by atoms with Crippen LogP contribution in [0.25, 0.3) is 0 Å². The largest absolute Gasteiger partial charge is 0.497 e. The van der Waals surface area contributed by atoms with E-state index in [1.807, 2.05) is 0 Å². The standard InChI is InChI=1S/C14H12BrFN2O2/c1-20-11-5-6-12(15)13(8-11)18-14(19)17-10-4-2-3-9(16)7-10/h2-8H,1H3,(H2,17,18,19). The topological polar surface area (TPSA) is 50.4 Å². The first-order chi connectivity index (χ1) is 9.58. The molecule has 2 aromatic carbocycles. The molecule has 0 bridgehead atoms. The molecule has 0 aliphatic carbocycles. The molecular weight excluding hydrogens is 327 g/mol. The fourth-order valence-corrected chi connectivity index (χ4v) is 1.92. The quantitative estimate of drug-likeness (QED) is 0.879. The van der Waals surface area contributed by atoms with Gasteiger partial charge in [0.25, 0.3) is 0 Å². The Morgan fingerprint density at radius 3 is 2.70 bits per heavy atom. The van der Waals surface area contributed by atoms with Crippen LogP contribution in [0.3, 0.4) is 0 Å². The molecule has 0 aromatic heterocycles. The summed E-state index contributed by atoms with van der Waals surface area (Å²) in [4.78, 5) is 11.8. The maximum atomic E-state index is 13.0. The van der Waals surface area contributed by atoms with E-state index in [4.69, 9.17) is 4.74 Å². The van der Waals surface area contributed by atoms with Crippen molar-refractivity contribution in [3.05, 3.63) is 52.8 Å². The summed E-state index contributed by atoms with van der Waals surface area (Å²) in [5.41, 5.74) is 0.930. The third-order valence-corrected chi connectivity index (χ3v) is 3.20. The minimum Gasteiger partial charge on any atom is -0.497 e. The first kappa shape index (κ1) is 14.3. The van der Waals surface area contributed by atoms with Gasteiger partial charge < -0.3 is 15.4 Å². The number of benzene rings is 2. The van der Waals surface area contributed by atoms with Crippen molar-refractivity contribution in [1.82, 2.24) is 0 Å². The monoisotopic (exact) mass is 338 g/mol. The maximum absolute atomic E-state index is 13.0. The fraction of sp³-hybridized carbons (Fsp3) is 0.0714. The predicted molar refractivity (Wildman–Crippen MR) is 79.7 cm³/mol. The van der Waals surface area contributed by atoms with Crippen molar-refractivity contribution in [1.29, 1.82) is 0 Å². The molecular formula is C14H12BrFN2O2. The summed E-state index contributed by atoms with van der Waals surface area (Å²) in [5, 5.41) is 5.20. The fourth-order valence-electron chi connectivity index (χ4n) is 1.58. The van der Waals surface area contributed by atoms with E-state index in [9.17, 15) is 9.18 Å². The van der Waals surface area contributed by atoms with Gasteiger partial charge in [-0.25, -0.2) is 9.18 Å². The Hall–Kier alpha value is -2.08. The molecule has 4 nitrogen and oxygen atoms in total. The number of carbonyl (C=O) groups is 1. The van der Waals surface area contributed by atoms with Gasteiger partial charge in [-0.2, -0.15) is 0 Å². The highest BCUT2D eigenvalue weighted by atomic mass is 79.9. The van der Waals surface area contributed by atoms with Crippen molar-refractivity contribution in [2.24, 2.45) is 0 Å². The number of rotatable bonds is 3. The van der Waals surface area contributed by atoms with Crippen LogP contribution >= 0.6 is 15.9 Å². The van der Waals surface area contributed by atoms with Crippen LogP contribution in [0.5, 0.6) is 5.75 Å². The van der Waals surface area contributed by atoms with Crippen LogP contribution in [0.1, 0.15) is 0 Å². The number of halogens is 2. The van der Waals surface area contributed by atoms with Crippen molar-refractivity contribution in [3.8, 4) is 5.75 Å². The summed E-state index contributed by atoms with van der Waals surface area (Å²) >= 11 is 3.33. The normalized spacial score (nSPS) is 9.95. The Kier molecular flexibility index (Phi) is 4.57. The molecule has 0 aliphatic rings. The van der Waals surface area contributed by atoms with Crippen LogP contribution in [0.2, 0.25) is 0 Å². The van der Waals surface area contributed by atoms with E-state index >= 15 is 0 Å². The third kappa shape index (κ3) is 3.71. The van der Waals surface area contributed by atoms with E-state index in [2.05, 4.69) is 26.6 Å². The molecule has 0 saturated heterocycles. The summed E-state index contributed by atoms with van der Waals surface area (Å²) in [7, 11) is 1.54. The number of carbonyl (C=O) groups excluding carboxylic acids is 1. The van der Waals surface area contributed by atoms with E-state index in [0.29, 0.717) is 21.6 Å². The molecule has 2 aromatic rings. The van der Waals surface area contributed by atoms with Crippen molar-refractivity contribution < 1.29 is 13.9 Å². The van der Waals surface area contributed by atoms with E-state index in [0.717, 1.165) is 0 Å². The molecule has 2 N–H and O–H groups in total. The lowest BCUT2D eigenvalue weighted by molar-refractivity contribution is 0.262. The second-order valence-electron chi connectivity index (χ2n) is 3.94. The van der Waals surface area contributed by atoms with Crippen molar-refractivity contribution in [2.45, 2.75) is 0 Å². The lowest BCUT2D eigenvalue weighted by Gasteiger charge is -2.10. The van der Waals surface area contributed by atoms with Crippen LogP contribution in [0.15, 0.2) is 46.9 Å². The van der Waals surface area contributed by atoms with Gasteiger partial charge in [0.05, 0.1) is 12.8 Å². The van der Waals surface area contributed by atoms with E-state index in [-0.39, 0.29) is 0 Å². The summed E-state index contributed by atoms with van der Waals surface area (Å²) in [6.45, 7) is 0. The number of methoxy groups -OCH3 is 1. The zero-order valence-electron chi connectivity index (χ0n) is 10.6. The van der Waals surface area contributed by atoms with Gasteiger partial charge in [-0.05, 0) is 46.3 Å².